The Balaban J connectivity index is 0.000000360. The van der Waals surface area contributed by atoms with Gasteiger partial charge in [0, 0.05) is 28.2 Å². The van der Waals surface area contributed by atoms with Crippen LogP contribution in [-0.4, -0.2) is 71.8 Å². The van der Waals surface area contributed by atoms with Crippen LogP contribution in [0, 0.1) is 13.8 Å². The first-order valence-electron chi connectivity index (χ1n) is 16.5. The third-order valence-electron chi connectivity index (χ3n) is 7.08. The van der Waals surface area contributed by atoms with Gasteiger partial charge in [-0.1, -0.05) is 59.7 Å². The number of ether oxygens (including phenoxy) is 4. The van der Waals surface area contributed by atoms with Gasteiger partial charge in [0.1, 0.15) is 11.5 Å². The van der Waals surface area contributed by atoms with Crippen LogP contribution in [0.5, 0.6) is 11.5 Å². The fraction of sp³-hybridized carbons (Fsp3) is 0.250. The Hall–Kier alpha value is -5.78. The van der Waals surface area contributed by atoms with Crippen molar-refractivity contribution < 1.29 is 55.8 Å². The average molecular weight is 772 g/mol. The molecular formula is C40H44CuN4O8. The summed E-state index contributed by atoms with van der Waals surface area (Å²) in [6, 6.07) is 28.9. The summed E-state index contributed by atoms with van der Waals surface area (Å²) in [6.45, 7) is 11.5. The molecule has 0 saturated heterocycles. The molecule has 1 radical (unpaired) electrons. The molecule has 0 spiro atoms. The van der Waals surface area contributed by atoms with Gasteiger partial charge in [0.25, 0.3) is 0 Å². The zero-order valence-corrected chi connectivity index (χ0v) is 31.4. The number of aryl methyl sites for hydroxylation is 2. The molecule has 13 heteroatoms. The molecule has 0 aromatic heterocycles. The molecule has 4 aromatic rings. The molecule has 0 aliphatic heterocycles. The topological polar surface area (TPSA) is 161 Å². The van der Waals surface area contributed by atoms with E-state index < -0.39 is 11.9 Å². The van der Waals surface area contributed by atoms with E-state index in [-0.39, 0.29) is 42.1 Å². The molecule has 0 bridgehead atoms. The summed E-state index contributed by atoms with van der Waals surface area (Å²) in [5.41, 5.74) is 6.60. The van der Waals surface area contributed by atoms with Crippen molar-refractivity contribution in [1.82, 2.24) is 0 Å². The van der Waals surface area contributed by atoms with E-state index in [2.05, 4.69) is 20.4 Å². The maximum atomic E-state index is 11.3. The molecule has 0 heterocycles. The first-order valence-corrected chi connectivity index (χ1v) is 16.5. The third-order valence-corrected chi connectivity index (χ3v) is 7.08. The number of aliphatic hydroxyl groups excluding tert-OH is 2. The van der Waals surface area contributed by atoms with Crippen molar-refractivity contribution in [3.8, 4) is 11.5 Å². The van der Waals surface area contributed by atoms with Gasteiger partial charge in [0.05, 0.1) is 24.6 Å². The first kappa shape index (κ1) is 43.4. The van der Waals surface area contributed by atoms with Crippen LogP contribution in [0.3, 0.4) is 0 Å². The van der Waals surface area contributed by atoms with Crippen LogP contribution in [0.1, 0.15) is 61.1 Å². The average Bonchev–Trinajstić information content (AvgIpc) is 3.15. The van der Waals surface area contributed by atoms with Crippen molar-refractivity contribution in [2.24, 2.45) is 20.4 Å². The van der Waals surface area contributed by atoms with Crippen LogP contribution in [0.4, 0.5) is 0 Å². The molecule has 0 fully saturated rings. The molecule has 0 amide bonds. The van der Waals surface area contributed by atoms with Gasteiger partial charge in [-0.25, -0.2) is 9.59 Å². The van der Waals surface area contributed by atoms with Gasteiger partial charge in [0.2, 0.25) is 11.8 Å². The molecule has 12 nitrogen and oxygen atoms in total. The quantitative estimate of drug-likeness (QED) is 0.0443. The summed E-state index contributed by atoms with van der Waals surface area (Å²) < 4.78 is 20.2. The van der Waals surface area contributed by atoms with E-state index in [4.69, 9.17) is 18.9 Å². The van der Waals surface area contributed by atoms with Crippen molar-refractivity contribution in [3.63, 3.8) is 0 Å². The number of carbonyl (C=O) groups excluding carboxylic acids is 2. The van der Waals surface area contributed by atoms with E-state index in [1.807, 2.05) is 76.2 Å². The summed E-state index contributed by atoms with van der Waals surface area (Å²) in [7, 11) is 0. The summed E-state index contributed by atoms with van der Waals surface area (Å²) in [4.78, 5) is 22.5. The van der Waals surface area contributed by atoms with Gasteiger partial charge < -0.3 is 29.2 Å². The van der Waals surface area contributed by atoms with Crippen molar-refractivity contribution in [1.29, 1.82) is 0 Å². The fourth-order valence-corrected chi connectivity index (χ4v) is 4.16. The molecule has 0 atom stereocenters. The van der Waals surface area contributed by atoms with E-state index in [1.54, 1.807) is 62.4 Å². The second kappa shape index (κ2) is 22.9. The Morgan fingerprint density at radius 3 is 1.11 bits per heavy atom. The predicted octanol–water partition coefficient (Wildman–Crippen LogP) is 7.33. The number of benzene rings is 4. The predicted molar refractivity (Wildman–Crippen MR) is 202 cm³/mol. The standard InChI is InChI=1S/2C20H22N2O4.Cu/c2*1-4-25-19(23)13-26-18-11-9-17(10-12-18)20(24)22-21-15(3)16-7-5-14(2)6-8-16;/h2*5-12H,4,13H2,1-3H3,(H,22,24);/b2*21-15-;. The minimum atomic E-state index is -0.429. The molecule has 0 aliphatic rings. The summed E-state index contributed by atoms with van der Waals surface area (Å²) >= 11 is 0. The number of hydrogen-bond acceptors (Lipinski definition) is 10. The molecular weight excluding hydrogens is 728 g/mol. The zero-order chi connectivity index (χ0) is 37.9. The Morgan fingerprint density at radius 2 is 0.811 bits per heavy atom. The van der Waals surface area contributed by atoms with E-state index >= 15 is 0 Å². The molecule has 0 unspecified atom stereocenters. The van der Waals surface area contributed by atoms with Gasteiger partial charge in [-0.2, -0.15) is 10.2 Å². The van der Waals surface area contributed by atoms with Crippen molar-refractivity contribution in [2.45, 2.75) is 41.5 Å². The van der Waals surface area contributed by atoms with Crippen LogP contribution in [0.15, 0.2) is 117 Å². The van der Waals surface area contributed by atoms with Crippen LogP contribution in [0.2, 0.25) is 0 Å². The van der Waals surface area contributed by atoms with Gasteiger partial charge in [-0.15, -0.1) is 10.2 Å². The molecule has 2 N–H and O–H groups in total. The molecule has 0 saturated carbocycles. The Kier molecular flexibility index (Phi) is 18.8. The third kappa shape index (κ3) is 15.6. The van der Waals surface area contributed by atoms with E-state index in [0.717, 1.165) is 22.3 Å². The van der Waals surface area contributed by atoms with Gasteiger partial charge in [-0.3, -0.25) is 0 Å². The van der Waals surface area contributed by atoms with Crippen LogP contribution >= 0.6 is 0 Å². The smallest absolute Gasteiger partial charge is 0.344 e. The Morgan fingerprint density at radius 1 is 0.509 bits per heavy atom. The minimum absolute atomic E-state index is 0. The molecule has 4 aromatic carbocycles. The van der Waals surface area contributed by atoms with Gasteiger partial charge >= 0.3 is 11.9 Å². The van der Waals surface area contributed by atoms with Crippen molar-refractivity contribution >= 4 is 35.2 Å². The summed E-state index contributed by atoms with van der Waals surface area (Å²) in [5.74, 6) is -0.270. The SMILES string of the molecule is CCOC(=O)COc1ccc(/C(O)=N/N=C(/C)c2ccc(C)cc2)cc1.CCOC(=O)COc1ccc(/C(O)=N/N=C(/C)c2ccc(C)cc2)cc1.[Cu]. The van der Waals surface area contributed by atoms with Crippen LogP contribution < -0.4 is 9.47 Å². The number of nitrogens with zero attached hydrogens (tertiary/aromatic N) is 4. The maximum Gasteiger partial charge on any atom is 0.344 e. The van der Waals surface area contributed by atoms with Crippen LogP contribution in [0.25, 0.3) is 0 Å². The summed E-state index contributed by atoms with van der Waals surface area (Å²) in [5, 5.41) is 36.0. The van der Waals surface area contributed by atoms with E-state index in [1.165, 1.54) is 0 Å². The Labute approximate surface area is 320 Å². The number of carbonyl (C=O) groups is 2. The molecule has 0 aliphatic carbocycles. The number of esters is 2. The van der Waals surface area contributed by atoms with Crippen LogP contribution in [-0.2, 0) is 36.1 Å². The minimum Gasteiger partial charge on any atom is -0.492 e. The number of aliphatic hydroxyl groups is 2. The van der Waals surface area contributed by atoms with E-state index in [9.17, 15) is 19.8 Å². The van der Waals surface area contributed by atoms with Gasteiger partial charge in [0.15, 0.2) is 13.2 Å². The number of rotatable bonds is 14. The fourth-order valence-electron chi connectivity index (χ4n) is 4.16. The summed E-state index contributed by atoms with van der Waals surface area (Å²) in [6.07, 6.45) is 0. The number of hydrogen-bond donors (Lipinski definition) is 2. The Bertz CT molecular complexity index is 1730. The second-order valence-corrected chi connectivity index (χ2v) is 11.2. The monoisotopic (exact) mass is 771 g/mol. The molecule has 283 valence electrons. The first-order chi connectivity index (χ1) is 25.0. The maximum absolute atomic E-state index is 11.3. The second-order valence-electron chi connectivity index (χ2n) is 11.2. The van der Waals surface area contributed by atoms with Crippen molar-refractivity contribution in [3.05, 3.63) is 130 Å². The van der Waals surface area contributed by atoms with Crippen molar-refractivity contribution in [2.75, 3.05) is 26.4 Å². The largest absolute Gasteiger partial charge is 0.492 e. The van der Waals surface area contributed by atoms with Gasteiger partial charge in [-0.05, 0) is 101 Å². The molecule has 53 heavy (non-hydrogen) atoms. The normalized spacial score (nSPS) is 11.7. The molecule has 4 rings (SSSR count). The van der Waals surface area contributed by atoms with E-state index in [0.29, 0.717) is 47.3 Å². The zero-order valence-electron chi connectivity index (χ0n) is 30.5.